The van der Waals surface area contributed by atoms with Crippen molar-refractivity contribution in [2.45, 2.75) is 63.9 Å². The lowest BCUT2D eigenvalue weighted by molar-refractivity contribution is -0.0774. The molecular formula is C15H24N2O4. The Morgan fingerprint density at radius 3 is 2.90 bits per heavy atom. The Kier molecular flexibility index (Phi) is 5.76. The summed E-state index contributed by atoms with van der Waals surface area (Å²) in [5, 5.41) is 0. The number of hydrogen-bond acceptors (Lipinski definition) is 4. The topological polar surface area (TPSA) is 73.3 Å². The second kappa shape index (κ2) is 7.56. The normalized spacial score (nSPS) is 23.3. The molecule has 0 amide bonds. The molecule has 1 saturated heterocycles. The van der Waals surface area contributed by atoms with Gasteiger partial charge in [-0.15, -0.1) is 0 Å². The van der Waals surface area contributed by atoms with Crippen molar-refractivity contribution in [3.05, 3.63) is 33.1 Å². The van der Waals surface area contributed by atoms with Gasteiger partial charge in [0.2, 0.25) is 0 Å². The summed E-state index contributed by atoms with van der Waals surface area (Å²) in [5.74, 6) is 0. The first-order chi connectivity index (χ1) is 10.2. The lowest BCUT2D eigenvalue weighted by Gasteiger charge is -2.23. The average molecular weight is 296 g/mol. The highest BCUT2D eigenvalue weighted by molar-refractivity contribution is 4.87. The third-order valence-electron chi connectivity index (χ3n) is 4.00. The Labute approximate surface area is 124 Å². The Balaban J connectivity index is 1.98. The lowest BCUT2D eigenvalue weighted by Crippen LogP contribution is -2.33. The van der Waals surface area contributed by atoms with Crippen molar-refractivity contribution in [1.29, 1.82) is 0 Å². The highest BCUT2D eigenvalue weighted by atomic mass is 16.6. The van der Waals surface area contributed by atoms with Crippen molar-refractivity contribution >= 4 is 0 Å². The number of methoxy groups -OCH3 is 1. The quantitative estimate of drug-likeness (QED) is 0.779. The van der Waals surface area contributed by atoms with E-state index in [2.05, 4.69) is 11.9 Å². The van der Waals surface area contributed by atoms with Crippen LogP contribution < -0.4 is 11.2 Å². The standard InChI is InChI=1S/C15H24N2O4/c1-3-4-5-6-11(20-2)12-7-8-14(21-12)17-10-9-13(18)16-15(17)19/h9-12,14H,3-8H2,1-2H3,(H,16,18,19)/t11?,12-,14+/m0/s1. The largest absolute Gasteiger partial charge is 0.379 e. The molecule has 1 aliphatic rings. The number of hydrogen-bond donors (Lipinski definition) is 1. The average Bonchev–Trinajstić information content (AvgIpc) is 2.93. The molecule has 1 aromatic rings. The van der Waals surface area contributed by atoms with Gasteiger partial charge in [-0.1, -0.05) is 26.2 Å². The maximum absolute atomic E-state index is 11.8. The van der Waals surface area contributed by atoms with E-state index >= 15 is 0 Å². The molecule has 6 nitrogen and oxygen atoms in total. The number of unbranched alkanes of at least 4 members (excludes halogenated alkanes) is 2. The van der Waals surface area contributed by atoms with E-state index in [1.54, 1.807) is 7.11 Å². The van der Waals surface area contributed by atoms with E-state index in [9.17, 15) is 9.59 Å². The molecule has 0 aliphatic carbocycles. The van der Waals surface area contributed by atoms with Gasteiger partial charge in [0.05, 0.1) is 12.2 Å². The minimum atomic E-state index is -0.423. The minimum Gasteiger partial charge on any atom is -0.379 e. The van der Waals surface area contributed by atoms with Crippen molar-refractivity contribution < 1.29 is 9.47 Å². The number of aromatic nitrogens is 2. The zero-order chi connectivity index (χ0) is 15.2. The van der Waals surface area contributed by atoms with Crippen molar-refractivity contribution in [2.24, 2.45) is 0 Å². The van der Waals surface area contributed by atoms with Crippen molar-refractivity contribution in [2.75, 3.05) is 7.11 Å². The number of H-pyrrole nitrogens is 1. The second-order valence-corrected chi connectivity index (χ2v) is 5.49. The van der Waals surface area contributed by atoms with E-state index in [1.165, 1.54) is 29.7 Å². The summed E-state index contributed by atoms with van der Waals surface area (Å²) < 4.78 is 13.0. The van der Waals surface area contributed by atoms with Crippen molar-refractivity contribution in [1.82, 2.24) is 9.55 Å². The SMILES string of the molecule is CCCCCC(OC)[C@@H]1CC[C@H](n2ccc(=O)[nH]c2=O)O1. The van der Waals surface area contributed by atoms with Gasteiger partial charge in [-0.25, -0.2) is 4.79 Å². The molecule has 0 saturated carbocycles. The van der Waals surface area contributed by atoms with Crippen LogP contribution in [0.15, 0.2) is 21.9 Å². The molecule has 6 heteroatoms. The summed E-state index contributed by atoms with van der Waals surface area (Å²) in [6, 6.07) is 1.34. The third-order valence-corrected chi connectivity index (χ3v) is 4.00. The predicted molar refractivity (Wildman–Crippen MR) is 79.4 cm³/mol. The van der Waals surface area contributed by atoms with Crippen molar-refractivity contribution in [3.63, 3.8) is 0 Å². The summed E-state index contributed by atoms with van der Waals surface area (Å²) in [7, 11) is 1.71. The van der Waals surface area contributed by atoms with E-state index in [4.69, 9.17) is 9.47 Å². The minimum absolute atomic E-state index is 0.00989. The van der Waals surface area contributed by atoms with Gasteiger partial charge in [0.25, 0.3) is 5.56 Å². The number of aromatic amines is 1. The highest BCUT2D eigenvalue weighted by Crippen LogP contribution is 2.31. The van der Waals surface area contributed by atoms with Gasteiger partial charge >= 0.3 is 5.69 Å². The van der Waals surface area contributed by atoms with Crippen LogP contribution >= 0.6 is 0 Å². The van der Waals surface area contributed by atoms with Crippen LogP contribution in [0.25, 0.3) is 0 Å². The number of nitrogens with zero attached hydrogens (tertiary/aromatic N) is 1. The van der Waals surface area contributed by atoms with Crippen molar-refractivity contribution in [3.8, 4) is 0 Å². The van der Waals surface area contributed by atoms with Crippen LogP contribution in [0.3, 0.4) is 0 Å². The Morgan fingerprint density at radius 2 is 2.24 bits per heavy atom. The van der Waals surface area contributed by atoms with Gasteiger partial charge in [0.1, 0.15) is 6.23 Å². The van der Waals surface area contributed by atoms with Crippen LogP contribution in [-0.4, -0.2) is 28.9 Å². The van der Waals surface area contributed by atoms with Crippen LogP contribution in [0.5, 0.6) is 0 Å². The molecule has 2 heterocycles. The van der Waals surface area contributed by atoms with E-state index in [1.807, 2.05) is 0 Å². The summed E-state index contributed by atoms with van der Waals surface area (Å²) in [6.45, 7) is 2.17. The molecule has 118 valence electrons. The molecule has 1 aliphatic heterocycles. The van der Waals surface area contributed by atoms with E-state index in [0.717, 1.165) is 25.7 Å². The maximum Gasteiger partial charge on any atom is 0.330 e. The van der Waals surface area contributed by atoms with Gasteiger partial charge in [0.15, 0.2) is 0 Å². The number of ether oxygens (including phenoxy) is 2. The molecule has 1 fully saturated rings. The number of rotatable bonds is 7. The number of nitrogens with one attached hydrogen (secondary N) is 1. The molecule has 1 unspecified atom stereocenters. The monoisotopic (exact) mass is 296 g/mol. The van der Waals surface area contributed by atoms with Crippen LogP contribution in [0.4, 0.5) is 0 Å². The predicted octanol–water partition coefficient (Wildman–Crippen LogP) is 1.81. The van der Waals surface area contributed by atoms with Crippen LogP contribution in [0, 0.1) is 0 Å². The zero-order valence-corrected chi connectivity index (χ0v) is 12.7. The molecule has 0 aromatic carbocycles. The van der Waals surface area contributed by atoms with Gasteiger partial charge in [0, 0.05) is 19.4 Å². The Morgan fingerprint density at radius 1 is 1.43 bits per heavy atom. The summed E-state index contributed by atoms with van der Waals surface area (Å²) in [6.07, 6.45) is 7.34. The van der Waals surface area contributed by atoms with E-state index < -0.39 is 5.69 Å². The first kappa shape index (κ1) is 16.0. The van der Waals surface area contributed by atoms with Gasteiger partial charge in [-0.3, -0.25) is 14.3 Å². The van der Waals surface area contributed by atoms with Gasteiger partial charge in [-0.2, -0.15) is 0 Å². The fourth-order valence-corrected chi connectivity index (χ4v) is 2.83. The Bertz CT molecular complexity index is 551. The zero-order valence-electron chi connectivity index (χ0n) is 12.7. The third kappa shape index (κ3) is 4.04. The molecule has 1 aromatic heterocycles. The molecule has 2 rings (SSSR count). The summed E-state index contributed by atoms with van der Waals surface area (Å²) >= 11 is 0. The smallest absolute Gasteiger partial charge is 0.330 e. The highest BCUT2D eigenvalue weighted by Gasteiger charge is 2.32. The maximum atomic E-state index is 11.8. The summed E-state index contributed by atoms with van der Waals surface area (Å²) in [4.78, 5) is 25.1. The fourth-order valence-electron chi connectivity index (χ4n) is 2.83. The van der Waals surface area contributed by atoms with Crippen LogP contribution in [0.1, 0.15) is 51.7 Å². The first-order valence-electron chi connectivity index (χ1n) is 7.65. The van der Waals surface area contributed by atoms with E-state index in [0.29, 0.717) is 0 Å². The molecule has 0 spiro atoms. The molecule has 21 heavy (non-hydrogen) atoms. The molecular weight excluding hydrogens is 272 g/mol. The van der Waals surface area contributed by atoms with Gasteiger partial charge in [-0.05, 0) is 19.3 Å². The van der Waals surface area contributed by atoms with E-state index in [-0.39, 0.29) is 24.0 Å². The Hall–Kier alpha value is -1.40. The molecule has 0 bridgehead atoms. The van der Waals surface area contributed by atoms with Crippen LogP contribution in [-0.2, 0) is 9.47 Å². The first-order valence-corrected chi connectivity index (χ1v) is 7.65. The molecule has 3 atom stereocenters. The van der Waals surface area contributed by atoms with Gasteiger partial charge < -0.3 is 9.47 Å². The lowest BCUT2D eigenvalue weighted by atomic mass is 10.0. The second-order valence-electron chi connectivity index (χ2n) is 5.49. The fraction of sp³-hybridized carbons (Fsp3) is 0.733. The molecule has 1 N–H and O–H groups in total. The molecule has 0 radical (unpaired) electrons. The van der Waals surface area contributed by atoms with Crippen LogP contribution in [0.2, 0.25) is 0 Å². The summed E-state index contributed by atoms with van der Waals surface area (Å²) in [5.41, 5.74) is -0.812.